The van der Waals surface area contributed by atoms with Gasteiger partial charge in [-0.05, 0) is 73.9 Å². The van der Waals surface area contributed by atoms with E-state index < -0.39 is 102 Å². The van der Waals surface area contributed by atoms with Crippen LogP contribution in [0.5, 0.6) is 0 Å². The molecule has 6 N–H and O–H groups in total. The van der Waals surface area contributed by atoms with E-state index in [-0.39, 0.29) is 37.3 Å². The Bertz CT molecular complexity index is 1170. The Morgan fingerprint density at radius 3 is 2.08 bits per heavy atom. The van der Waals surface area contributed by atoms with Crippen LogP contribution in [0.15, 0.2) is 0 Å². The van der Waals surface area contributed by atoms with Gasteiger partial charge in [0.1, 0.15) is 23.4 Å². The summed E-state index contributed by atoms with van der Waals surface area (Å²) in [6, 6.07) is -0.306. The van der Waals surface area contributed by atoms with Crippen LogP contribution in [0.1, 0.15) is 88.5 Å². The van der Waals surface area contributed by atoms with Crippen molar-refractivity contribution in [3.8, 4) is 0 Å². The number of nitrogens with zero attached hydrogens (tertiary/aromatic N) is 1. The molecule has 0 amide bonds. The molecule has 0 bridgehead atoms. The molecule has 3 rings (SSSR count). The smallest absolute Gasteiger partial charge is 0.311 e. The molecule has 0 aromatic rings. The number of hydrogen-bond acceptors (Lipinski definition) is 14. The number of cyclic esters (lactones) is 1. The summed E-state index contributed by atoms with van der Waals surface area (Å²) in [5.74, 6) is -4.67. The van der Waals surface area contributed by atoms with E-state index in [9.17, 15) is 30.3 Å². The van der Waals surface area contributed by atoms with Gasteiger partial charge in [-0.25, -0.2) is 0 Å². The number of carbonyl (C=O) groups excluding carboxylic acids is 1. The average molecular weight is 733 g/mol. The summed E-state index contributed by atoms with van der Waals surface area (Å²) in [4.78, 5) is 16.0. The number of likely N-dealkylation sites (N-methyl/N-ethyl adjacent to an activating group) is 1. The first-order valence-corrected chi connectivity index (χ1v) is 18.5. The number of aliphatic hydroxyl groups excluding tert-OH is 3. The summed E-state index contributed by atoms with van der Waals surface area (Å²) in [5.41, 5.74) is -4.55. The molecule has 3 saturated heterocycles. The van der Waals surface area contributed by atoms with Crippen LogP contribution in [0.3, 0.4) is 0 Å². The number of hydrogen-bond donors (Lipinski definition) is 6. The molecule has 0 aliphatic carbocycles. The van der Waals surface area contributed by atoms with Gasteiger partial charge in [0.05, 0.1) is 48.6 Å². The van der Waals surface area contributed by atoms with Gasteiger partial charge >= 0.3 is 5.97 Å². The second-order valence-electron chi connectivity index (χ2n) is 16.6. The minimum Gasteiger partial charge on any atom is -0.459 e. The lowest BCUT2D eigenvalue weighted by molar-refractivity contribution is -0.319. The standard InChI is InChI=1S/C37H68N2O12/c1-14-25-37(10,45)30(42)20(4)26(38)18(2)16-35(8,44)31(51-34-27(40)24(39(11)12)15-19(3)48-34)21(5)28(22(6)32(43)49-25)50-33-23(7)29(41)36(9,46-13)17-47-33/h18-25,27-31,33-34,38,40-42,44-45H,14-17H2,1-13H3/t18-,19+,20?,21?,22+,23-,24-,25?,27+,28?,29-,30?,31?,33?,34?,35+,36+,37?/m0/s1. The number of rotatable bonds is 7. The van der Waals surface area contributed by atoms with Gasteiger partial charge in [-0.15, -0.1) is 0 Å². The minimum absolute atomic E-state index is 0.000358. The summed E-state index contributed by atoms with van der Waals surface area (Å²) in [6.45, 7) is 16.8. The molecular formula is C37H68N2O12. The Morgan fingerprint density at radius 2 is 1.53 bits per heavy atom. The third kappa shape index (κ3) is 9.33. The Hall–Kier alpha value is -1.30. The topological polar surface area (TPSA) is 201 Å². The van der Waals surface area contributed by atoms with Crippen molar-refractivity contribution in [2.24, 2.45) is 29.6 Å². The Balaban J connectivity index is 2.18. The van der Waals surface area contributed by atoms with Gasteiger partial charge in [0.2, 0.25) is 0 Å². The first kappa shape index (κ1) is 44.1. The maximum atomic E-state index is 14.1. The number of esters is 1. The fourth-order valence-corrected chi connectivity index (χ4v) is 8.35. The highest BCUT2D eigenvalue weighted by Gasteiger charge is 2.53. The third-order valence-corrected chi connectivity index (χ3v) is 12.0. The summed E-state index contributed by atoms with van der Waals surface area (Å²) < 4.78 is 37.1. The lowest BCUT2D eigenvalue weighted by atomic mass is 9.73. The molecule has 14 heteroatoms. The average Bonchev–Trinajstić information content (AvgIpc) is 3.06. The van der Waals surface area contributed by atoms with E-state index in [0.29, 0.717) is 6.42 Å². The van der Waals surface area contributed by atoms with Crippen molar-refractivity contribution in [2.45, 2.75) is 167 Å². The van der Waals surface area contributed by atoms with Gasteiger partial charge in [0.25, 0.3) is 0 Å². The van der Waals surface area contributed by atoms with Crippen molar-refractivity contribution in [2.75, 3.05) is 27.8 Å². The van der Waals surface area contributed by atoms with Crippen LogP contribution in [0.25, 0.3) is 0 Å². The van der Waals surface area contributed by atoms with Gasteiger partial charge < -0.3 is 64.3 Å². The lowest BCUT2D eigenvalue weighted by Gasteiger charge is -2.49. The Morgan fingerprint density at radius 1 is 0.922 bits per heavy atom. The predicted octanol–water partition coefficient (Wildman–Crippen LogP) is 2.09. The quantitative estimate of drug-likeness (QED) is 0.208. The molecule has 0 radical (unpaired) electrons. The molecule has 0 aromatic carbocycles. The zero-order valence-electron chi connectivity index (χ0n) is 33.0. The van der Waals surface area contributed by atoms with Crippen LogP contribution in [-0.4, -0.2) is 148 Å². The summed E-state index contributed by atoms with van der Waals surface area (Å²) in [6.07, 6.45) is -8.66. The van der Waals surface area contributed by atoms with Crippen LogP contribution in [0.2, 0.25) is 0 Å². The fraction of sp³-hybridized carbons (Fsp3) is 0.946. The second kappa shape index (κ2) is 17.0. The van der Waals surface area contributed by atoms with Gasteiger partial charge in [-0.1, -0.05) is 34.6 Å². The lowest BCUT2D eigenvalue weighted by Crippen LogP contribution is -2.61. The van der Waals surface area contributed by atoms with Gasteiger partial charge in [-0.2, -0.15) is 0 Å². The van der Waals surface area contributed by atoms with E-state index in [4.69, 9.17) is 33.8 Å². The number of carbonyl (C=O) groups is 1. The molecule has 0 spiro atoms. The number of aliphatic hydroxyl groups is 5. The zero-order valence-corrected chi connectivity index (χ0v) is 33.0. The molecule has 3 aliphatic rings. The van der Waals surface area contributed by atoms with Crippen LogP contribution < -0.4 is 0 Å². The first-order valence-electron chi connectivity index (χ1n) is 18.5. The highest BCUT2D eigenvalue weighted by molar-refractivity contribution is 5.86. The maximum Gasteiger partial charge on any atom is 0.311 e. The van der Waals surface area contributed by atoms with E-state index in [1.807, 2.05) is 25.9 Å². The zero-order chi connectivity index (χ0) is 39.0. The summed E-state index contributed by atoms with van der Waals surface area (Å²) >= 11 is 0. The monoisotopic (exact) mass is 732 g/mol. The van der Waals surface area contributed by atoms with E-state index >= 15 is 0 Å². The molecule has 51 heavy (non-hydrogen) atoms. The molecule has 298 valence electrons. The molecule has 14 nitrogen and oxygen atoms in total. The van der Waals surface area contributed by atoms with E-state index in [2.05, 4.69) is 0 Å². The maximum absolute atomic E-state index is 14.1. The summed E-state index contributed by atoms with van der Waals surface area (Å²) in [5, 5.41) is 67.2. The van der Waals surface area contributed by atoms with Crippen molar-refractivity contribution in [3.63, 3.8) is 0 Å². The van der Waals surface area contributed by atoms with E-state index in [1.165, 1.54) is 14.0 Å². The van der Waals surface area contributed by atoms with Crippen LogP contribution in [0.4, 0.5) is 0 Å². The van der Waals surface area contributed by atoms with Gasteiger partial charge in [0, 0.05) is 36.6 Å². The largest absolute Gasteiger partial charge is 0.459 e. The second-order valence-corrected chi connectivity index (χ2v) is 16.6. The normalized spacial score (nSPS) is 49.7. The molecule has 3 fully saturated rings. The summed E-state index contributed by atoms with van der Waals surface area (Å²) in [7, 11) is 5.21. The van der Waals surface area contributed by atoms with Crippen molar-refractivity contribution in [1.82, 2.24) is 4.90 Å². The SMILES string of the molecule is CCC1OC(=O)[C@H](C)C(OC2OC[C@@](C)(OC)[C@@H](O)[C@@H]2C)C(C)C(OC2O[C@H](C)C[C@H](N(C)C)[C@H]2O)[C@](C)(O)C[C@H](C)C(=N)C(C)C(O)C1(C)O. The highest BCUT2D eigenvalue weighted by atomic mass is 16.7. The van der Waals surface area contributed by atoms with E-state index in [0.717, 1.165) is 0 Å². The third-order valence-electron chi connectivity index (χ3n) is 12.0. The number of ether oxygens (including phenoxy) is 6. The van der Waals surface area contributed by atoms with Gasteiger partial charge in [0.15, 0.2) is 12.6 Å². The van der Waals surface area contributed by atoms with Crippen molar-refractivity contribution in [1.29, 1.82) is 5.41 Å². The number of nitrogens with one attached hydrogen (secondary N) is 1. The first-order chi connectivity index (χ1) is 23.4. The van der Waals surface area contributed by atoms with Crippen LogP contribution in [-0.2, 0) is 33.2 Å². The fourth-order valence-electron chi connectivity index (χ4n) is 8.35. The van der Waals surface area contributed by atoms with Crippen molar-refractivity contribution >= 4 is 11.7 Å². The van der Waals surface area contributed by atoms with Crippen molar-refractivity contribution < 1.29 is 58.7 Å². The molecule has 9 unspecified atom stereocenters. The molecule has 0 aromatic heterocycles. The molecule has 3 aliphatic heterocycles. The highest BCUT2D eigenvalue weighted by Crippen LogP contribution is 2.40. The minimum atomic E-state index is -1.92. The molecule has 0 saturated carbocycles. The molecular weight excluding hydrogens is 664 g/mol. The van der Waals surface area contributed by atoms with E-state index in [1.54, 1.807) is 55.4 Å². The molecule has 3 heterocycles. The predicted molar refractivity (Wildman–Crippen MR) is 189 cm³/mol. The van der Waals surface area contributed by atoms with Gasteiger partial charge in [-0.3, -0.25) is 4.79 Å². The number of methoxy groups -OCH3 is 1. The molecule has 18 atom stereocenters. The Kier molecular flexibility index (Phi) is 14.7. The Labute approximate surface area is 304 Å². The van der Waals surface area contributed by atoms with Crippen LogP contribution >= 0.6 is 0 Å². The van der Waals surface area contributed by atoms with Crippen LogP contribution in [0, 0.1) is 35.0 Å². The van der Waals surface area contributed by atoms with Crippen molar-refractivity contribution in [3.05, 3.63) is 0 Å².